The minimum absolute atomic E-state index is 0.00257. The molecule has 106 valence electrons. The van der Waals surface area contributed by atoms with Crippen LogP contribution in [0.2, 0.25) is 0 Å². The van der Waals surface area contributed by atoms with Crippen molar-refractivity contribution in [1.29, 1.82) is 0 Å². The van der Waals surface area contributed by atoms with Crippen LogP contribution in [-0.4, -0.2) is 21.0 Å². The van der Waals surface area contributed by atoms with Gasteiger partial charge in [-0.25, -0.2) is 9.78 Å². The molecule has 0 saturated carbocycles. The molecule has 0 aliphatic rings. The summed E-state index contributed by atoms with van der Waals surface area (Å²) in [6.45, 7) is -0.00257. The largest absolute Gasteiger partial charge is 0.455 e. The Balaban J connectivity index is 1.65. The molecule has 21 heavy (non-hydrogen) atoms. The van der Waals surface area contributed by atoms with Crippen LogP contribution in [0, 0.1) is 0 Å². The Hall–Kier alpha value is -2.66. The molecule has 3 rings (SSSR count). The Morgan fingerprint density at radius 1 is 1.14 bits per heavy atom. The minimum Gasteiger partial charge on any atom is -0.455 e. The van der Waals surface area contributed by atoms with Gasteiger partial charge in [0.05, 0.1) is 11.0 Å². The molecular formula is C16H14N2O3. The van der Waals surface area contributed by atoms with E-state index in [9.17, 15) is 9.90 Å². The Labute approximate surface area is 121 Å². The number of carbonyl (C=O) groups excluding carboxylic acids is 1. The first kappa shape index (κ1) is 13.3. The first-order chi connectivity index (χ1) is 10.2. The van der Waals surface area contributed by atoms with Gasteiger partial charge < -0.3 is 14.8 Å². The molecule has 0 aliphatic carbocycles. The number of benzene rings is 2. The van der Waals surface area contributed by atoms with E-state index in [0.29, 0.717) is 11.4 Å². The number of nitrogens with zero attached hydrogens (tertiary/aromatic N) is 1. The van der Waals surface area contributed by atoms with Gasteiger partial charge in [-0.2, -0.15) is 0 Å². The van der Waals surface area contributed by atoms with Crippen LogP contribution in [0.15, 0.2) is 54.6 Å². The van der Waals surface area contributed by atoms with Gasteiger partial charge in [0, 0.05) is 0 Å². The molecule has 1 atom stereocenters. The second-order valence-electron chi connectivity index (χ2n) is 4.62. The lowest BCUT2D eigenvalue weighted by Crippen LogP contribution is -2.15. The van der Waals surface area contributed by atoms with E-state index >= 15 is 0 Å². The molecule has 5 nitrogen and oxygen atoms in total. The number of rotatable bonds is 4. The maximum absolute atomic E-state index is 11.8. The molecule has 0 radical (unpaired) electrons. The molecule has 0 spiro atoms. The van der Waals surface area contributed by atoms with Crippen molar-refractivity contribution in [2.45, 2.75) is 12.7 Å². The van der Waals surface area contributed by atoms with Crippen LogP contribution in [0.5, 0.6) is 0 Å². The molecule has 1 heterocycles. The number of nitrogens with one attached hydrogen (secondary N) is 1. The second-order valence-corrected chi connectivity index (χ2v) is 4.62. The fourth-order valence-electron chi connectivity index (χ4n) is 2.06. The van der Waals surface area contributed by atoms with Gasteiger partial charge in [-0.1, -0.05) is 42.5 Å². The van der Waals surface area contributed by atoms with E-state index in [0.717, 1.165) is 11.0 Å². The molecule has 0 amide bonds. The molecule has 0 saturated heterocycles. The third-order valence-corrected chi connectivity index (χ3v) is 3.13. The standard InChI is InChI=1S/C16H14N2O3/c19-15(11-6-2-1-3-7-11)16(20)21-10-14-17-12-8-4-5-9-13(12)18-14/h1-9,15,19H,10H2,(H,17,18)/t15-/m1/s1. The summed E-state index contributed by atoms with van der Waals surface area (Å²) in [4.78, 5) is 19.2. The summed E-state index contributed by atoms with van der Waals surface area (Å²) in [6, 6.07) is 16.2. The van der Waals surface area contributed by atoms with E-state index in [4.69, 9.17) is 4.74 Å². The molecule has 2 N–H and O–H groups in total. The molecule has 0 bridgehead atoms. The van der Waals surface area contributed by atoms with Gasteiger partial charge in [0.1, 0.15) is 12.4 Å². The topological polar surface area (TPSA) is 75.2 Å². The van der Waals surface area contributed by atoms with Crippen molar-refractivity contribution < 1.29 is 14.6 Å². The van der Waals surface area contributed by atoms with Crippen molar-refractivity contribution in [2.75, 3.05) is 0 Å². The predicted octanol–water partition coefficient (Wildman–Crippen LogP) is 2.34. The van der Waals surface area contributed by atoms with Crippen LogP contribution in [0.25, 0.3) is 11.0 Å². The first-order valence-corrected chi connectivity index (χ1v) is 6.57. The summed E-state index contributed by atoms with van der Waals surface area (Å²) >= 11 is 0. The zero-order chi connectivity index (χ0) is 14.7. The lowest BCUT2D eigenvalue weighted by molar-refractivity contribution is -0.155. The van der Waals surface area contributed by atoms with Gasteiger partial charge in [0.15, 0.2) is 6.10 Å². The smallest absolute Gasteiger partial charge is 0.340 e. The molecule has 0 fully saturated rings. The minimum atomic E-state index is -1.28. The van der Waals surface area contributed by atoms with Gasteiger partial charge in [-0.15, -0.1) is 0 Å². The van der Waals surface area contributed by atoms with E-state index in [1.54, 1.807) is 24.3 Å². The van der Waals surface area contributed by atoms with E-state index < -0.39 is 12.1 Å². The monoisotopic (exact) mass is 282 g/mol. The van der Waals surface area contributed by atoms with Crippen LogP contribution in [0.3, 0.4) is 0 Å². The average Bonchev–Trinajstić information content (AvgIpc) is 2.95. The number of fused-ring (bicyclic) bond motifs is 1. The van der Waals surface area contributed by atoms with Gasteiger partial charge >= 0.3 is 5.97 Å². The average molecular weight is 282 g/mol. The van der Waals surface area contributed by atoms with Crippen molar-refractivity contribution in [1.82, 2.24) is 9.97 Å². The Bertz CT molecular complexity index is 719. The van der Waals surface area contributed by atoms with Gasteiger partial charge in [-0.3, -0.25) is 0 Å². The van der Waals surface area contributed by atoms with Gasteiger partial charge in [0.2, 0.25) is 0 Å². The number of ether oxygens (including phenoxy) is 1. The van der Waals surface area contributed by atoms with E-state index in [1.807, 2.05) is 30.3 Å². The van der Waals surface area contributed by atoms with Crippen LogP contribution >= 0.6 is 0 Å². The normalized spacial score (nSPS) is 12.2. The fourth-order valence-corrected chi connectivity index (χ4v) is 2.06. The van der Waals surface area contributed by atoms with Crippen LogP contribution in [-0.2, 0) is 16.1 Å². The van der Waals surface area contributed by atoms with Gasteiger partial charge in [-0.05, 0) is 17.7 Å². The third-order valence-electron chi connectivity index (χ3n) is 3.13. The van der Waals surface area contributed by atoms with Crippen molar-refractivity contribution in [3.8, 4) is 0 Å². The number of aliphatic hydroxyl groups is 1. The summed E-state index contributed by atoms with van der Waals surface area (Å²) in [6.07, 6.45) is -1.28. The first-order valence-electron chi connectivity index (χ1n) is 6.57. The van der Waals surface area contributed by atoms with Crippen LogP contribution < -0.4 is 0 Å². The number of esters is 1. The molecule has 0 aliphatic heterocycles. The zero-order valence-electron chi connectivity index (χ0n) is 11.2. The number of H-pyrrole nitrogens is 1. The van der Waals surface area contributed by atoms with Crippen LogP contribution in [0.1, 0.15) is 17.5 Å². The zero-order valence-corrected chi connectivity index (χ0v) is 11.2. The Morgan fingerprint density at radius 2 is 1.86 bits per heavy atom. The maximum atomic E-state index is 11.8. The second kappa shape index (κ2) is 5.76. The summed E-state index contributed by atoms with van der Waals surface area (Å²) in [5, 5.41) is 9.90. The Kier molecular flexibility index (Phi) is 3.66. The predicted molar refractivity (Wildman–Crippen MR) is 77.3 cm³/mol. The highest BCUT2D eigenvalue weighted by atomic mass is 16.5. The number of aromatic amines is 1. The quantitative estimate of drug-likeness (QED) is 0.720. The van der Waals surface area contributed by atoms with E-state index in [2.05, 4.69) is 9.97 Å². The third kappa shape index (κ3) is 2.93. The van der Waals surface area contributed by atoms with E-state index in [1.165, 1.54) is 0 Å². The summed E-state index contributed by atoms with van der Waals surface area (Å²) < 4.78 is 5.09. The number of aromatic nitrogens is 2. The lowest BCUT2D eigenvalue weighted by Gasteiger charge is -2.09. The number of hydrogen-bond donors (Lipinski definition) is 2. The summed E-state index contributed by atoms with van der Waals surface area (Å²) in [7, 11) is 0. The van der Waals surface area contributed by atoms with Gasteiger partial charge in [0.25, 0.3) is 0 Å². The maximum Gasteiger partial charge on any atom is 0.340 e. The van der Waals surface area contributed by atoms with E-state index in [-0.39, 0.29) is 6.61 Å². The molecular weight excluding hydrogens is 268 g/mol. The molecule has 0 unspecified atom stereocenters. The SMILES string of the molecule is O=C(OCc1nc2ccccc2[nH]1)[C@H](O)c1ccccc1. The number of aliphatic hydroxyl groups excluding tert-OH is 1. The summed E-state index contributed by atoms with van der Waals surface area (Å²) in [5.74, 6) is -0.147. The number of hydrogen-bond acceptors (Lipinski definition) is 4. The Morgan fingerprint density at radius 3 is 2.62 bits per heavy atom. The number of para-hydroxylation sites is 2. The molecule has 2 aromatic carbocycles. The highest BCUT2D eigenvalue weighted by Gasteiger charge is 2.19. The van der Waals surface area contributed by atoms with Crippen molar-refractivity contribution >= 4 is 17.0 Å². The number of carbonyl (C=O) groups is 1. The lowest BCUT2D eigenvalue weighted by atomic mass is 10.1. The molecule has 1 aromatic heterocycles. The molecule has 5 heteroatoms. The molecule has 3 aromatic rings. The number of imidazole rings is 1. The fraction of sp³-hybridized carbons (Fsp3) is 0.125. The van der Waals surface area contributed by atoms with Crippen molar-refractivity contribution in [2.24, 2.45) is 0 Å². The van der Waals surface area contributed by atoms with Crippen molar-refractivity contribution in [3.63, 3.8) is 0 Å². The highest BCUT2D eigenvalue weighted by molar-refractivity contribution is 5.76. The highest BCUT2D eigenvalue weighted by Crippen LogP contribution is 2.15. The summed E-state index contributed by atoms with van der Waals surface area (Å²) in [5.41, 5.74) is 2.20. The van der Waals surface area contributed by atoms with Crippen molar-refractivity contribution in [3.05, 3.63) is 66.0 Å². The van der Waals surface area contributed by atoms with Crippen LogP contribution in [0.4, 0.5) is 0 Å².